The van der Waals surface area contributed by atoms with Crippen LogP contribution in [-0.4, -0.2) is 66.4 Å². The van der Waals surface area contributed by atoms with E-state index in [2.05, 4.69) is 6.92 Å². The highest BCUT2D eigenvalue weighted by Gasteiger charge is 2.83. The standard InChI is InChI=1S/C27H38O9/c1-6-14(2)22(30)36-24-27-19(11-18(35-24)12-26(27)13-33-26)25(5,9-7-17-8-10-32-23(17)31)15(3)20(21(27)29)34-16(4)28/h6,15,17-21,24,29H,7-13H2,1-5H3/b14-6+/t15-,17+,18-,19-,20-,21+,24-,25+,26+,27+/m1/s1. The number of carbonyl (C=O) groups excluding carboxylic acids is 3. The van der Waals surface area contributed by atoms with Crippen molar-refractivity contribution in [2.24, 2.45) is 28.6 Å². The lowest BCUT2D eigenvalue weighted by molar-refractivity contribution is -0.381. The van der Waals surface area contributed by atoms with Gasteiger partial charge in [0.15, 0.2) is 0 Å². The summed E-state index contributed by atoms with van der Waals surface area (Å²) >= 11 is 0. The minimum absolute atomic E-state index is 0.141. The lowest BCUT2D eigenvalue weighted by Crippen LogP contribution is -2.78. The molecule has 4 saturated heterocycles. The molecule has 4 heterocycles. The molecule has 2 bridgehead atoms. The maximum absolute atomic E-state index is 12.9. The molecule has 0 amide bonds. The number of allylic oxidation sites excluding steroid dienone is 1. The monoisotopic (exact) mass is 506 g/mol. The first-order valence-electron chi connectivity index (χ1n) is 13.2. The Balaban J connectivity index is 1.58. The van der Waals surface area contributed by atoms with E-state index in [4.69, 9.17) is 23.7 Å². The number of hydrogen-bond acceptors (Lipinski definition) is 9. The van der Waals surface area contributed by atoms with E-state index in [-0.39, 0.29) is 29.8 Å². The van der Waals surface area contributed by atoms with Gasteiger partial charge in [-0.05, 0) is 50.9 Å². The highest BCUT2D eigenvalue weighted by atomic mass is 16.7. The number of rotatable bonds is 6. The smallest absolute Gasteiger partial charge is 0.335 e. The maximum Gasteiger partial charge on any atom is 0.335 e. The molecule has 2 spiro atoms. The van der Waals surface area contributed by atoms with Gasteiger partial charge in [0.05, 0.1) is 30.7 Å². The fraction of sp³-hybridized carbons (Fsp3) is 0.815. The van der Waals surface area contributed by atoms with Crippen LogP contribution in [0.3, 0.4) is 0 Å². The summed E-state index contributed by atoms with van der Waals surface area (Å²) in [5, 5.41) is 12.1. The van der Waals surface area contributed by atoms with Crippen LogP contribution in [0.5, 0.6) is 0 Å². The van der Waals surface area contributed by atoms with Gasteiger partial charge in [0.1, 0.15) is 17.8 Å². The summed E-state index contributed by atoms with van der Waals surface area (Å²) in [6, 6.07) is 0. The number of ether oxygens (including phenoxy) is 5. The van der Waals surface area contributed by atoms with Crippen LogP contribution in [-0.2, 0) is 38.1 Å². The Morgan fingerprint density at radius 3 is 2.56 bits per heavy atom. The first kappa shape index (κ1) is 25.7. The molecule has 200 valence electrons. The third kappa shape index (κ3) is 3.56. The summed E-state index contributed by atoms with van der Waals surface area (Å²) in [5.74, 6) is -1.69. The number of aliphatic hydroxyl groups excluding tert-OH is 1. The predicted octanol–water partition coefficient (Wildman–Crippen LogP) is 2.68. The molecule has 6 fully saturated rings. The van der Waals surface area contributed by atoms with E-state index in [1.807, 2.05) is 6.92 Å². The van der Waals surface area contributed by atoms with Crippen LogP contribution in [0.2, 0.25) is 0 Å². The first-order valence-corrected chi connectivity index (χ1v) is 13.2. The second-order valence-corrected chi connectivity index (χ2v) is 11.7. The summed E-state index contributed by atoms with van der Waals surface area (Å²) in [4.78, 5) is 37.4. The Hall–Kier alpha value is -1.97. The molecular formula is C27H38O9. The molecule has 9 nitrogen and oxygen atoms in total. The van der Waals surface area contributed by atoms with Crippen molar-refractivity contribution in [1.82, 2.24) is 0 Å². The van der Waals surface area contributed by atoms with Crippen LogP contribution in [0, 0.1) is 28.6 Å². The van der Waals surface area contributed by atoms with E-state index in [0.717, 1.165) is 0 Å². The maximum atomic E-state index is 12.9. The van der Waals surface area contributed by atoms with Crippen LogP contribution in [0.15, 0.2) is 11.6 Å². The van der Waals surface area contributed by atoms with Gasteiger partial charge >= 0.3 is 17.9 Å². The first-order chi connectivity index (χ1) is 17.0. The summed E-state index contributed by atoms with van der Waals surface area (Å²) in [5.41, 5.74) is -1.84. The average Bonchev–Trinajstić information content (AvgIpc) is 3.47. The quantitative estimate of drug-likeness (QED) is 0.251. The molecule has 0 radical (unpaired) electrons. The van der Waals surface area contributed by atoms with Crippen molar-refractivity contribution >= 4 is 17.9 Å². The molecule has 6 aliphatic rings. The van der Waals surface area contributed by atoms with Crippen molar-refractivity contribution < 1.29 is 43.2 Å². The molecule has 36 heavy (non-hydrogen) atoms. The molecule has 0 aromatic heterocycles. The summed E-state index contributed by atoms with van der Waals surface area (Å²) in [7, 11) is 0. The van der Waals surface area contributed by atoms with Gasteiger partial charge in [0, 0.05) is 24.8 Å². The van der Waals surface area contributed by atoms with Crippen LogP contribution >= 0.6 is 0 Å². The van der Waals surface area contributed by atoms with E-state index in [9.17, 15) is 19.5 Å². The van der Waals surface area contributed by atoms with Crippen molar-refractivity contribution in [3.63, 3.8) is 0 Å². The Morgan fingerprint density at radius 2 is 1.97 bits per heavy atom. The highest BCUT2D eigenvalue weighted by molar-refractivity contribution is 5.87. The molecule has 2 saturated carbocycles. The van der Waals surface area contributed by atoms with E-state index < -0.39 is 46.9 Å². The second-order valence-electron chi connectivity index (χ2n) is 11.7. The Kier molecular flexibility index (Phi) is 6.28. The van der Waals surface area contributed by atoms with Gasteiger partial charge in [0.25, 0.3) is 0 Å². The Labute approximate surface area is 211 Å². The SMILES string of the molecule is C/C=C(\C)C(=O)O[C@H]1O[C@@H]2C[C@@H]3[C@@](C)(CC[C@H]4CCOC4=O)[C@H](C)[C@@H](OC(C)=O)[C@H](O)[C@]13[C@@]1(CO1)C2. The largest absolute Gasteiger partial charge is 0.465 e. The fourth-order valence-electron chi connectivity index (χ4n) is 7.77. The molecule has 1 N–H and O–H groups in total. The van der Waals surface area contributed by atoms with Gasteiger partial charge in [-0.2, -0.15) is 0 Å². The molecule has 2 aliphatic carbocycles. The van der Waals surface area contributed by atoms with E-state index >= 15 is 0 Å². The molecule has 0 aromatic carbocycles. The topological polar surface area (TPSA) is 121 Å². The van der Waals surface area contributed by atoms with Crippen LogP contribution < -0.4 is 0 Å². The number of aliphatic hydroxyl groups is 1. The zero-order chi connectivity index (χ0) is 26.0. The van der Waals surface area contributed by atoms with Crippen LogP contribution in [0.1, 0.15) is 66.7 Å². The highest BCUT2D eigenvalue weighted by Crippen LogP contribution is 2.73. The van der Waals surface area contributed by atoms with Gasteiger partial charge in [0.2, 0.25) is 6.29 Å². The normalized spacial score (nSPS) is 47.3. The predicted molar refractivity (Wildman–Crippen MR) is 125 cm³/mol. The average molecular weight is 507 g/mol. The van der Waals surface area contributed by atoms with Crippen LogP contribution in [0.25, 0.3) is 0 Å². The minimum Gasteiger partial charge on any atom is -0.465 e. The molecule has 10 atom stereocenters. The van der Waals surface area contributed by atoms with Crippen molar-refractivity contribution in [3.05, 3.63) is 11.6 Å². The van der Waals surface area contributed by atoms with Crippen LogP contribution in [0.4, 0.5) is 0 Å². The van der Waals surface area contributed by atoms with Crippen molar-refractivity contribution in [2.45, 2.75) is 96.9 Å². The Morgan fingerprint density at radius 1 is 1.25 bits per heavy atom. The molecule has 9 heteroatoms. The third-order valence-electron chi connectivity index (χ3n) is 10.1. The Bertz CT molecular complexity index is 970. The summed E-state index contributed by atoms with van der Waals surface area (Å²) in [6.45, 7) is 9.78. The summed E-state index contributed by atoms with van der Waals surface area (Å²) in [6.07, 6.45) is 1.69. The van der Waals surface area contributed by atoms with E-state index in [1.54, 1.807) is 19.9 Å². The number of cyclic esters (lactones) is 1. The number of esters is 3. The van der Waals surface area contributed by atoms with Gasteiger partial charge in [-0.1, -0.05) is 19.9 Å². The zero-order valence-electron chi connectivity index (χ0n) is 21.8. The number of hydrogen-bond donors (Lipinski definition) is 1. The third-order valence-corrected chi connectivity index (χ3v) is 10.1. The molecular weight excluding hydrogens is 468 g/mol. The van der Waals surface area contributed by atoms with Crippen molar-refractivity contribution in [3.8, 4) is 0 Å². The van der Waals surface area contributed by atoms with Crippen molar-refractivity contribution in [1.29, 1.82) is 0 Å². The van der Waals surface area contributed by atoms with Gasteiger partial charge < -0.3 is 28.8 Å². The minimum atomic E-state index is -1.15. The zero-order valence-corrected chi connectivity index (χ0v) is 21.8. The van der Waals surface area contributed by atoms with E-state index in [0.29, 0.717) is 50.9 Å². The lowest BCUT2D eigenvalue weighted by Gasteiger charge is -2.69. The number of epoxide rings is 1. The second kappa shape index (κ2) is 8.81. The van der Waals surface area contributed by atoms with Crippen molar-refractivity contribution in [2.75, 3.05) is 13.2 Å². The number of carbonyl (C=O) groups is 3. The molecule has 6 rings (SSSR count). The van der Waals surface area contributed by atoms with E-state index in [1.165, 1.54) is 6.92 Å². The fourth-order valence-corrected chi connectivity index (χ4v) is 7.77. The van der Waals surface area contributed by atoms with Gasteiger partial charge in [-0.15, -0.1) is 0 Å². The molecule has 0 aromatic rings. The summed E-state index contributed by atoms with van der Waals surface area (Å²) < 4.78 is 29.4. The lowest BCUT2D eigenvalue weighted by atomic mass is 9.40. The molecule has 0 unspecified atom stereocenters. The molecule has 4 aliphatic heterocycles. The van der Waals surface area contributed by atoms with Gasteiger partial charge in [-0.25, -0.2) is 4.79 Å². The number of fused-ring (bicyclic) bond motifs is 1. The van der Waals surface area contributed by atoms with Gasteiger partial charge in [-0.3, -0.25) is 9.59 Å².